The number of rotatable bonds is 13. The Morgan fingerprint density at radius 2 is 1.82 bits per heavy atom. The quantitative estimate of drug-likeness (QED) is 0.268. The van der Waals surface area contributed by atoms with Crippen molar-refractivity contribution in [3.05, 3.63) is 35.7 Å². The first-order valence-electron chi connectivity index (χ1n) is 14.8. The van der Waals surface area contributed by atoms with Crippen molar-refractivity contribution >= 4 is 38.7 Å². The van der Waals surface area contributed by atoms with Crippen LogP contribution in [0.25, 0.3) is 10.4 Å². The van der Waals surface area contributed by atoms with Crippen molar-refractivity contribution in [3.63, 3.8) is 0 Å². The Morgan fingerprint density at radius 1 is 1.05 bits per heavy atom. The van der Waals surface area contributed by atoms with Crippen LogP contribution in [0.3, 0.4) is 0 Å². The molecule has 10 heteroatoms. The molecule has 8 nitrogen and oxygen atoms in total. The number of thiophene rings is 1. The highest BCUT2D eigenvalue weighted by Gasteiger charge is 2.36. The molecule has 3 atom stereocenters. The van der Waals surface area contributed by atoms with Gasteiger partial charge in [-0.1, -0.05) is 51.3 Å². The van der Waals surface area contributed by atoms with Gasteiger partial charge in [0.1, 0.15) is 4.90 Å². The van der Waals surface area contributed by atoms with Crippen molar-refractivity contribution in [1.82, 2.24) is 15.4 Å². The van der Waals surface area contributed by atoms with Gasteiger partial charge in [-0.2, -0.15) is 0 Å². The summed E-state index contributed by atoms with van der Waals surface area (Å²) in [4.78, 5) is 27.3. The fraction of sp³-hybridized carbons (Fsp3) is 0.600. The van der Waals surface area contributed by atoms with Crippen LogP contribution in [0.4, 0.5) is 5.69 Å². The number of benzene rings is 1. The summed E-state index contributed by atoms with van der Waals surface area (Å²) in [5, 5.41) is 11.5. The highest BCUT2D eigenvalue weighted by Crippen LogP contribution is 2.37. The van der Waals surface area contributed by atoms with Gasteiger partial charge < -0.3 is 16.0 Å². The molecule has 40 heavy (non-hydrogen) atoms. The van der Waals surface area contributed by atoms with Gasteiger partial charge >= 0.3 is 0 Å². The molecule has 2 aliphatic heterocycles. The first-order valence-corrected chi connectivity index (χ1v) is 17.1. The van der Waals surface area contributed by atoms with Gasteiger partial charge in [-0.15, -0.1) is 11.3 Å². The van der Waals surface area contributed by atoms with E-state index in [0.717, 1.165) is 63.0 Å². The molecule has 3 unspecified atom stereocenters. The predicted octanol–water partition coefficient (Wildman–Crippen LogP) is 4.79. The van der Waals surface area contributed by atoms with E-state index in [2.05, 4.69) is 27.6 Å². The van der Waals surface area contributed by atoms with E-state index in [0.29, 0.717) is 24.4 Å². The molecule has 0 spiro atoms. The molecule has 1 amide bonds. The molecule has 1 aromatic carbocycles. The maximum Gasteiger partial charge on any atom is 0.243 e. The molecule has 2 fully saturated rings. The fourth-order valence-electron chi connectivity index (χ4n) is 6.03. The van der Waals surface area contributed by atoms with Crippen molar-refractivity contribution in [3.8, 4) is 10.4 Å². The van der Waals surface area contributed by atoms with Gasteiger partial charge in [0.15, 0.2) is 5.78 Å². The minimum absolute atomic E-state index is 0.00911. The second-order valence-electron chi connectivity index (χ2n) is 11.0. The lowest BCUT2D eigenvalue weighted by molar-refractivity contribution is -0.127. The summed E-state index contributed by atoms with van der Waals surface area (Å²) >= 11 is 1.48. The van der Waals surface area contributed by atoms with Crippen LogP contribution in [0, 0.1) is 17.8 Å². The highest BCUT2D eigenvalue weighted by molar-refractivity contribution is 7.89. The smallest absolute Gasteiger partial charge is 0.243 e. The first kappa shape index (κ1) is 30.8. The number of sulfonamides is 1. The molecule has 1 aromatic heterocycles. The zero-order chi connectivity index (χ0) is 28.5. The number of nitrogens with one attached hydrogen (secondary N) is 4. The molecule has 3 heterocycles. The molecule has 0 saturated carbocycles. The van der Waals surface area contributed by atoms with Crippen LogP contribution < -0.4 is 20.7 Å². The number of piperidine rings is 2. The number of amides is 1. The number of anilines is 1. The molecular weight excluding hydrogens is 544 g/mol. The molecule has 2 aromatic rings. The topological polar surface area (TPSA) is 116 Å². The predicted molar refractivity (Wildman–Crippen MR) is 162 cm³/mol. The van der Waals surface area contributed by atoms with Gasteiger partial charge in [-0.25, -0.2) is 13.1 Å². The van der Waals surface area contributed by atoms with Crippen molar-refractivity contribution in [2.45, 2.75) is 76.2 Å². The van der Waals surface area contributed by atoms with Crippen LogP contribution in [0.5, 0.6) is 0 Å². The minimum atomic E-state index is -4.13. The fourth-order valence-corrected chi connectivity index (χ4v) is 8.21. The molecule has 0 radical (unpaired) electrons. The van der Waals surface area contributed by atoms with E-state index in [9.17, 15) is 18.0 Å². The molecule has 4 N–H and O–H groups in total. The number of Topliss-reactive ketones (excluding diaryl/α,β-unsaturated/α-hetero) is 1. The molecule has 2 saturated heterocycles. The molecule has 4 rings (SSSR count). The zero-order valence-corrected chi connectivity index (χ0v) is 25.3. The van der Waals surface area contributed by atoms with Gasteiger partial charge in [-0.3, -0.25) is 9.59 Å². The van der Waals surface area contributed by atoms with E-state index in [-0.39, 0.29) is 40.5 Å². The van der Waals surface area contributed by atoms with Crippen molar-refractivity contribution < 1.29 is 18.0 Å². The highest BCUT2D eigenvalue weighted by atomic mass is 32.2. The van der Waals surface area contributed by atoms with Gasteiger partial charge in [0.05, 0.1) is 11.7 Å². The number of para-hydroxylation sites is 1. The zero-order valence-electron chi connectivity index (χ0n) is 23.7. The van der Waals surface area contributed by atoms with Gasteiger partial charge in [-0.05, 0) is 74.7 Å². The maximum atomic E-state index is 14.0. The van der Waals surface area contributed by atoms with Crippen LogP contribution in [0.15, 0.2) is 40.6 Å². The lowest BCUT2D eigenvalue weighted by Gasteiger charge is -2.33. The van der Waals surface area contributed by atoms with Crippen LogP contribution in [0.1, 0.15) is 65.2 Å². The summed E-state index contributed by atoms with van der Waals surface area (Å²) in [6, 6.07) is 8.00. The van der Waals surface area contributed by atoms with Gasteiger partial charge in [0.25, 0.3) is 0 Å². The normalized spacial score (nSPS) is 21.1. The second kappa shape index (κ2) is 14.7. The summed E-state index contributed by atoms with van der Waals surface area (Å²) in [7, 11) is -4.13. The molecule has 0 bridgehead atoms. The monoisotopic (exact) mass is 588 g/mol. The van der Waals surface area contributed by atoms with Crippen LogP contribution in [0.2, 0.25) is 0 Å². The SMILES string of the molecule is CCC(=O)Nc1c(-c2cccs2)cccc1S(=O)(=O)NC(CCCC1CCNCC1)C(=O)C1CNCCC1CC. The summed E-state index contributed by atoms with van der Waals surface area (Å²) in [5.41, 5.74) is 0.909. The third-order valence-corrected chi connectivity index (χ3v) is 10.8. The largest absolute Gasteiger partial charge is 0.324 e. The Morgan fingerprint density at radius 3 is 2.52 bits per heavy atom. The average molecular weight is 589 g/mol. The Labute approximate surface area is 243 Å². The molecule has 220 valence electrons. The van der Waals surface area contributed by atoms with Crippen LogP contribution in [-0.4, -0.2) is 52.3 Å². The van der Waals surface area contributed by atoms with E-state index >= 15 is 0 Å². The number of carbonyl (C=O) groups excluding carboxylic acids is 2. The lowest BCUT2D eigenvalue weighted by Crippen LogP contribution is -2.50. The van der Waals surface area contributed by atoms with E-state index in [1.165, 1.54) is 17.4 Å². The van der Waals surface area contributed by atoms with Crippen LogP contribution >= 0.6 is 11.3 Å². The Hall–Kier alpha value is -2.11. The van der Waals surface area contributed by atoms with E-state index in [4.69, 9.17) is 0 Å². The van der Waals surface area contributed by atoms with E-state index in [1.54, 1.807) is 13.0 Å². The van der Waals surface area contributed by atoms with Gasteiger partial charge in [0.2, 0.25) is 15.9 Å². The Kier molecular flexibility index (Phi) is 11.3. The van der Waals surface area contributed by atoms with E-state index < -0.39 is 16.1 Å². The Bertz CT molecular complexity index is 1230. The average Bonchev–Trinajstić information content (AvgIpc) is 3.51. The van der Waals surface area contributed by atoms with Crippen molar-refractivity contribution in [2.24, 2.45) is 17.8 Å². The number of hydrogen-bond acceptors (Lipinski definition) is 7. The number of hydrogen-bond donors (Lipinski definition) is 4. The third kappa shape index (κ3) is 7.79. The number of carbonyl (C=O) groups is 2. The summed E-state index contributed by atoms with van der Waals surface area (Å²) in [6.45, 7) is 7.32. The number of ketones is 1. The summed E-state index contributed by atoms with van der Waals surface area (Å²) < 4.78 is 30.9. The first-order chi connectivity index (χ1) is 19.3. The lowest BCUT2D eigenvalue weighted by atomic mass is 9.79. The third-order valence-electron chi connectivity index (χ3n) is 8.41. The van der Waals surface area contributed by atoms with E-state index in [1.807, 2.05) is 23.6 Å². The van der Waals surface area contributed by atoms with Crippen molar-refractivity contribution in [2.75, 3.05) is 31.5 Å². The second-order valence-corrected chi connectivity index (χ2v) is 13.7. The maximum absolute atomic E-state index is 14.0. The Balaban J connectivity index is 1.63. The summed E-state index contributed by atoms with van der Waals surface area (Å²) in [5.74, 6) is 0.330. The molecule has 2 aliphatic rings. The van der Waals surface area contributed by atoms with Crippen molar-refractivity contribution in [1.29, 1.82) is 0 Å². The van der Waals surface area contributed by atoms with Crippen LogP contribution in [-0.2, 0) is 19.6 Å². The minimum Gasteiger partial charge on any atom is -0.324 e. The molecule has 0 aliphatic carbocycles. The van der Waals surface area contributed by atoms with Gasteiger partial charge in [0, 0.05) is 29.3 Å². The standard InChI is InChI=1S/C30H44N4O4S2/c1-3-22-15-18-32-20-24(22)30(36)25(10-5-8-21-13-16-31-17-14-21)34-40(37,38)27-12-6-9-23(26-11-7-19-39-26)29(27)33-28(35)4-2/h6-7,9,11-12,19,21-22,24-25,31-32,34H,3-5,8,10,13-18,20H2,1-2H3,(H,33,35). The molecular formula is C30H44N4O4S2. The summed E-state index contributed by atoms with van der Waals surface area (Å²) in [6.07, 6.45) is 6.50.